The van der Waals surface area contributed by atoms with E-state index < -0.39 is 0 Å². The van der Waals surface area contributed by atoms with Crippen molar-refractivity contribution < 1.29 is 9.90 Å². The van der Waals surface area contributed by atoms with E-state index in [0.29, 0.717) is 18.5 Å². The van der Waals surface area contributed by atoms with Crippen LogP contribution in [0.15, 0.2) is 18.2 Å². The van der Waals surface area contributed by atoms with E-state index >= 15 is 0 Å². The highest BCUT2D eigenvalue weighted by molar-refractivity contribution is 5.91. The van der Waals surface area contributed by atoms with E-state index in [1.807, 2.05) is 13.8 Å². The van der Waals surface area contributed by atoms with Crippen LogP contribution in [0.25, 0.3) is 0 Å². The molecule has 0 aliphatic heterocycles. The fourth-order valence-corrected chi connectivity index (χ4v) is 1.35. The van der Waals surface area contributed by atoms with Crippen molar-refractivity contribution in [1.29, 1.82) is 0 Å². The smallest absolute Gasteiger partial charge is 0.224 e. The van der Waals surface area contributed by atoms with E-state index in [4.69, 9.17) is 5.73 Å². The third-order valence-corrected chi connectivity index (χ3v) is 2.49. The van der Waals surface area contributed by atoms with Gasteiger partial charge in [0.1, 0.15) is 5.75 Å². The Bertz CT molecular complexity index is 408. The molecule has 0 spiro atoms. The predicted octanol–water partition coefficient (Wildman–Crippen LogP) is 2.16. The number of nitrogens with one attached hydrogen (secondary N) is 1. The summed E-state index contributed by atoms with van der Waals surface area (Å²) in [5.74, 6) is 0.0914. The number of carbonyl (C=O) groups excluding carboxylic acids is 1. The molecule has 0 aliphatic rings. The zero-order chi connectivity index (χ0) is 13.1. The van der Waals surface area contributed by atoms with Crippen molar-refractivity contribution >= 4 is 11.6 Å². The van der Waals surface area contributed by atoms with Gasteiger partial charge < -0.3 is 16.2 Å². The molecule has 17 heavy (non-hydrogen) atoms. The highest BCUT2D eigenvalue weighted by Gasteiger charge is 2.13. The molecule has 0 heterocycles. The fourth-order valence-electron chi connectivity index (χ4n) is 1.35. The van der Waals surface area contributed by atoms with Gasteiger partial charge in [-0.3, -0.25) is 4.79 Å². The monoisotopic (exact) mass is 236 g/mol. The van der Waals surface area contributed by atoms with Crippen molar-refractivity contribution in [3.8, 4) is 5.75 Å². The van der Waals surface area contributed by atoms with E-state index in [1.54, 1.807) is 25.1 Å². The summed E-state index contributed by atoms with van der Waals surface area (Å²) >= 11 is 0. The lowest BCUT2D eigenvalue weighted by Crippen LogP contribution is -2.33. The molecule has 0 bridgehead atoms. The van der Waals surface area contributed by atoms with Crippen LogP contribution in [0.3, 0.4) is 0 Å². The van der Waals surface area contributed by atoms with Crippen LogP contribution in [0.1, 0.15) is 32.3 Å². The van der Waals surface area contributed by atoms with Crippen molar-refractivity contribution in [3.05, 3.63) is 23.8 Å². The average Bonchev–Trinajstić information content (AvgIpc) is 2.20. The highest BCUT2D eigenvalue weighted by atomic mass is 16.3. The number of aryl methyl sites for hydroxylation is 1. The zero-order valence-electron chi connectivity index (χ0n) is 10.6. The van der Waals surface area contributed by atoms with Gasteiger partial charge in [-0.05, 0) is 38.8 Å². The fraction of sp³-hybridized carbons (Fsp3) is 0.462. The summed E-state index contributed by atoms with van der Waals surface area (Å²) in [6, 6.07) is 5.07. The number of phenols is 1. The lowest BCUT2D eigenvalue weighted by atomic mass is 10.00. The van der Waals surface area contributed by atoms with Gasteiger partial charge in [-0.25, -0.2) is 0 Å². The van der Waals surface area contributed by atoms with E-state index in [9.17, 15) is 9.90 Å². The van der Waals surface area contributed by atoms with Gasteiger partial charge >= 0.3 is 0 Å². The first-order valence-corrected chi connectivity index (χ1v) is 5.66. The Kier molecular flexibility index (Phi) is 4.12. The van der Waals surface area contributed by atoms with Gasteiger partial charge in [-0.1, -0.05) is 6.07 Å². The van der Waals surface area contributed by atoms with Crippen molar-refractivity contribution in [2.75, 3.05) is 5.32 Å². The summed E-state index contributed by atoms with van der Waals surface area (Å²) < 4.78 is 0. The van der Waals surface area contributed by atoms with Crippen LogP contribution < -0.4 is 11.1 Å². The van der Waals surface area contributed by atoms with Crippen LogP contribution in [0.5, 0.6) is 5.75 Å². The average molecular weight is 236 g/mol. The Morgan fingerprint density at radius 3 is 2.65 bits per heavy atom. The SMILES string of the molecule is Cc1ccc(NC(=O)CCC(C)(C)N)cc1O. The number of phenolic OH excluding ortho intramolecular Hbond substituents is 1. The molecule has 1 amide bonds. The number of anilines is 1. The van der Waals surface area contributed by atoms with Crippen molar-refractivity contribution in [2.24, 2.45) is 5.73 Å². The molecule has 4 heteroatoms. The number of benzene rings is 1. The zero-order valence-corrected chi connectivity index (χ0v) is 10.6. The maximum absolute atomic E-state index is 11.6. The molecule has 1 rings (SSSR count). The minimum Gasteiger partial charge on any atom is -0.508 e. The maximum Gasteiger partial charge on any atom is 0.224 e. The Hall–Kier alpha value is -1.55. The van der Waals surface area contributed by atoms with E-state index in [-0.39, 0.29) is 17.2 Å². The Morgan fingerprint density at radius 2 is 2.12 bits per heavy atom. The van der Waals surface area contributed by atoms with Gasteiger partial charge in [0.25, 0.3) is 0 Å². The van der Waals surface area contributed by atoms with Crippen molar-refractivity contribution in [2.45, 2.75) is 39.2 Å². The standard InChI is InChI=1S/C13H20N2O2/c1-9-4-5-10(8-11(9)16)15-12(17)6-7-13(2,3)14/h4-5,8,16H,6-7,14H2,1-3H3,(H,15,17). The molecule has 0 aliphatic carbocycles. The first kappa shape index (κ1) is 13.5. The first-order valence-electron chi connectivity index (χ1n) is 5.66. The van der Waals surface area contributed by atoms with Gasteiger partial charge in [-0.2, -0.15) is 0 Å². The van der Waals surface area contributed by atoms with Crippen LogP contribution in [0, 0.1) is 6.92 Å². The molecule has 0 atom stereocenters. The largest absolute Gasteiger partial charge is 0.508 e. The predicted molar refractivity (Wildman–Crippen MR) is 69.0 cm³/mol. The van der Waals surface area contributed by atoms with Crippen LogP contribution >= 0.6 is 0 Å². The molecule has 0 radical (unpaired) electrons. The van der Waals surface area contributed by atoms with E-state index in [2.05, 4.69) is 5.32 Å². The molecule has 0 aromatic heterocycles. The van der Waals surface area contributed by atoms with Gasteiger partial charge in [0, 0.05) is 23.7 Å². The van der Waals surface area contributed by atoms with Gasteiger partial charge in [0.2, 0.25) is 5.91 Å². The molecule has 1 aromatic carbocycles. The number of carbonyl (C=O) groups is 1. The molecular weight excluding hydrogens is 216 g/mol. The quantitative estimate of drug-likeness (QED) is 0.749. The minimum atomic E-state index is -0.341. The first-order chi connectivity index (χ1) is 7.78. The summed E-state index contributed by atoms with van der Waals surface area (Å²) in [4.78, 5) is 11.6. The number of rotatable bonds is 4. The summed E-state index contributed by atoms with van der Waals surface area (Å²) in [7, 11) is 0. The molecule has 4 N–H and O–H groups in total. The second-order valence-electron chi connectivity index (χ2n) is 5.04. The summed E-state index contributed by atoms with van der Waals surface area (Å²) in [5, 5.41) is 12.2. The Labute approximate surface area is 102 Å². The molecule has 4 nitrogen and oxygen atoms in total. The summed E-state index contributed by atoms with van der Waals surface area (Å²) in [5.41, 5.74) is 6.85. The number of hydrogen-bond donors (Lipinski definition) is 3. The normalized spacial score (nSPS) is 11.3. The van der Waals surface area contributed by atoms with Crippen LogP contribution in [0.4, 0.5) is 5.69 Å². The topological polar surface area (TPSA) is 75.4 Å². The number of aromatic hydroxyl groups is 1. The third-order valence-electron chi connectivity index (χ3n) is 2.49. The van der Waals surface area contributed by atoms with Gasteiger partial charge in [-0.15, -0.1) is 0 Å². The van der Waals surface area contributed by atoms with Crippen LogP contribution in [-0.2, 0) is 4.79 Å². The highest BCUT2D eigenvalue weighted by Crippen LogP contribution is 2.21. The number of amides is 1. The maximum atomic E-state index is 11.6. The summed E-state index contributed by atoms with van der Waals surface area (Å²) in [6.07, 6.45) is 0.995. The second-order valence-corrected chi connectivity index (χ2v) is 5.04. The lowest BCUT2D eigenvalue weighted by Gasteiger charge is -2.17. The second kappa shape index (κ2) is 5.19. The Balaban J connectivity index is 2.54. The third kappa shape index (κ3) is 4.87. The van der Waals surface area contributed by atoms with E-state index in [1.165, 1.54) is 0 Å². The summed E-state index contributed by atoms with van der Waals surface area (Å²) in [6.45, 7) is 5.58. The van der Waals surface area contributed by atoms with Gasteiger partial charge in [0.15, 0.2) is 0 Å². The molecular formula is C13H20N2O2. The number of nitrogens with two attached hydrogens (primary N) is 1. The van der Waals surface area contributed by atoms with Crippen LogP contribution in [-0.4, -0.2) is 16.6 Å². The molecule has 94 valence electrons. The molecule has 0 saturated heterocycles. The van der Waals surface area contributed by atoms with Crippen LogP contribution in [0.2, 0.25) is 0 Å². The lowest BCUT2D eigenvalue weighted by molar-refractivity contribution is -0.116. The molecule has 0 fully saturated rings. The molecule has 1 aromatic rings. The van der Waals surface area contributed by atoms with Crippen molar-refractivity contribution in [3.63, 3.8) is 0 Å². The Morgan fingerprint density at radius 1 is 1.47 bits per heavy atom. The van der Waals surface area contributed by atoms with E-state index in [0.717, 1.165) is 5.56 Å². The van der Waals surface area contributed by atoms with Gasteiger partial charge in [0.05, 0.1) is 0 Å². The van der Waals surface area contributed by atoms with Crippen molar-refractivity contribution in [1.82, 2.24) is 0 Å². The molecule has 0 saturated carbocycles. The molecule has 0 unspecified atom stereocenters. The number of hydrogen-bond acceptors (Lipinski definition) is 3. The minimum absolute atomic E-state index is 0.0909.